The van der Waals surface area contributed by atoms with Gasteiger partial charge in [-0.3, -0.25) is 5.01 Å². The van der Waals surface area contributed by atoms with Crippen LogP contribution in [0.1, 0.15) is 26.7 Å². The summed E-state index contributed by atoms with van der Waals surface area (Å²) in [4.78, 5) is 0. The normalized spacial score (nSPS) is 12.8. The van der Waals surface area contributed by atoms with E-state index in [-0.39, 0.29) is 0 Å². The Morgan fingerprint density at radius 1 is 1.67 bits per heavy atom. The fourth-order valence-corrected chi connectivity index (χ4v) is 0.744. The Hall–Kier alpha value is -0.530. The maximum Gasteiger partial charge on any atom is 0.0438 e. The van der Waals surface area contributed by atoms with Crippen LogP contribution in [0.4, 0.5) is 0 Å². The highest BCUT2D eigenvalue weighted by Crippen LogP contribution is 2.02. The molecule has 0 saturated heterocycles. The van der Waals surface area contributed by atoms with Gasteiger partial charge in [0.2, 0.25) is 0 Å². The molecule has 0 saturated carbocycles. The van der Waals surface area contributed by atoms with Crippen LogP contribution < -0.4 is 0 Å². The van der Waals surface area contributed by atoms with Crippen LogP contribution >= 0.6 is 0 Å². The van der Waals surface area contributed by atoms with Crippen LogP contribution in [0.5, 0.6) is 0 Å². The van der Waals surface area contributed by atoms with Crippen molar-refractivity contribution < 1.29 is 0 Å². The lowest BCUT2D eigenvalue weighted by atomic mass is 10.2. The highest BCUT2D eigenvalue weighted by atomic mass is 15.4. The van der Waals surface area contributed by atoms with Crippen LogP contribution in [0.3, 0.4) is 0 Å². The van der Waals surface area contributed by atoms with Crippen LogP contribution in [-0.2, 0) is 0 Å². The third kappa shape index (κ3) is 3.12. The van der Waals surface area contributed by atoms with E-state index in [1.54, 1.807) is 0 Å². The lowest BCUT2D eigenvalue weighted by Crippen LogP contribution is -2.22. The Bertz CT molecular complexity index is 81.0. The van der Waals surface area contributed by atoms with Crippen molar-refractivity contribution in [2.75, 3.05) is 7.05 Å². The third-order valence-corrected chi connectivity index (χ3v) is 1.57. The van der Waals surface area contributed by atoms with E-state index >= 15 is 0 Å². The maximum absolute atomic E-state index is 3.79. The van der Waals surface area contributed by atoms with E-state index in [1.165, 1.54) is 12.8 Å². The second-order valence-electron chi connectivity index (χ2n) is 2.35. The smallest absolute Gasteiger partial charge is 0.0438 e. The molecule has 0 fully saturated rings. The Labute approximate surface area is 57.6 Å². The molecule has 0 bridgehead atoms. The number of hydrazone groups is 1. The van der Waals surface area contributed by atoms with Gasteiger partial charge in [0.05, 0.1) is 0 Å². The Morgan fingerprint density at radius 3 is 2.56 bits per heavy atom. The molecule has 0 aliphatic rings. The topological polar surface area (TPSA) is 15.6 Å². The second-order valence-corrected chi connectivity index (χ2v) is 2.35. The number of hydrogen-bond donors (Lipinski definition) is 0. The van der Waals surface area contributed by atoms with Gasteiger partial charge in [-0.05, 0) is 13.3 Å². The molecule has 2 nitrogen and oxygen atoms in total. The average Bonchev–Trinajstić information content (AvgIpc) is 1.87. The van der Waals surface area contributed by atoms with Gasteiger partial charge in [0, 0.05) is 19.8 Å². The van der Waals surface area contributed by atoms with Gasteiger partial charge in [-0.1, -0.05) is 13.3 Å². The fraction of sp³-hybridized carbons (Fsp3) is 0.857. The van der Waals surface area contributed by atoms with Gasteiger partial charge in [-0.25, -0.2) is 0 Å². The van der Waals surface area contributed by atoms with E-state index < -0.39 is 0 Å². The zero-order chi connectivity index (χ0) is 7.28. The van der Waals surface area contributed by atoms with Crippen molar-refractivity contribution >= 4 is 6.72 Å². The molecule has 0 aliphatic carbocycles. The first-order valence-electron chi connectivity index (χ1n) is 3.41. The molecule has 0 aromatic carbocycles. The van der Waals surface area contributed by atoms with E-state index in [1.807, 2.05) is 12.1 Å². The Balaban J connectivity index is 3.44. The molecule has 0 heterocycles. The molecule has 2 heteroatoms. The summed E-state index contributed by atoms with van der Waals surface area (Å²) in [7, 11) is 1.95. The van der Waals surface area contributed by atoms with E-state index in [0.717, 1.165) is 0 Å². The molecule has 0 spiro atoms. The zero-order valence-electron chi connectivity index (χ0n) is 6.59. The molecule has 0 N–H and O–H groups in total. The first-order chi connectivity index (χ1) is 4.22. The van der Waals surface area contributed by atoms with Gasteiger partial charge in [-0.2, -0.15) is 5.10 Å². The van der Waals surface area contributed by atoms with Crippen molar-refractivity contribution in [3.8, 4) is 0 Å². The molecule has 1 atom stereocenters. The van der Waals surface area contributed by atoms with Gasteiger partial charge < -0.3 is 0 Å². The molecule has 0 amide bonds. The predicted octanol–water partition coefficient (Wildman–Crippen LogP) is 1.72. The van der Waals surface area contributed by atoms with Gasteiger partial charge in [0.1, 0.15) is 0 Å². The molecule has 9 heavy (non-hydrogen) atoms. The van der Waals surface area contributed by atoms with Crippen molar-refractivity contribution in [2.24, 2.45) is 5.10 Å². The summed E-state index contributed by atoms with van der Waals surface area (Å²) >= 11 is 0. The molecule has 0 aromatic heterocycles. The number of rotatable bonds is 4. The minimum atomic E-state index is 0.535. The van der Waals surface area contributed by atoms with Crippen LogP contribution in [0.2, 0.25) is 0 Å². The predicted molar refractivity (Wildman–Crippen MR) is 41.7 cm³/mol. The Kier molecular flexibility index (Phi) is 4.10. The number of hydrogen-bond acceptors (Lipinski definition) is 2. The zero-order valence-corrected chi connectivity index (χ0v) is 6.59. The van der Waals surface area contributed by atoms with Crippen molar-refractivity contribution in [1.82, 2.24) is 5.01 Å². The SMILES string of the molecule is C=NN(C)C(C)CCC. The summed E-state index contributed by atoms with van der Waals surface area (Å²) in [5.74, 6) is 0. The molecular weight excluding hydrogens is 112 g/mol. The molecule has 0 rings (SSSR count). The summed E-state index contributed by atoms with van der Waals surface area (Å²) in [6, 6.07) is 0.535. The number of nitrogens with zero attached hydrogens (tertiary/aromatic N) is 2. The van der Waals surface area contributed by atoms with E-state index in [2.05, 4.69) is 25.7 Å². The van der Waals surface area contributed by atoms with Crippen LogP contribution in [0, 0.1) is 0 Å². The quantitative estimate of drug-likeness (QED) is 0.416. The molecule has 0 radical (unpaired) electrons. The van der Waals surface area contributed by atoms with Gasteiger partial charge in [0.15, 0.2) is 0 Å². The standard InChI is InChI=1S/C7H16N2/c1-5-6-7(2)9(4)8-3/h7H,3,5-6H2,1-2,4H3. The van der Waals surface area contributed by atoms with Gasteiger partial charge in [0.25, 0.3) is 0 Å². The minimum Gasteiger partial charge on any atom is -0.298 e. The van der Waals surface area contributed by atoms with Crippen molar-refractivity contribution in [3.63, 3.8) is 0 Å². The highest BCUT2D eigenvalue weighted by Gasteiger charge is 2.02. The second kappa shape index (κ2) is 4.36. The van der Waals surface area contributed by atoms with Gasteiger partial charge >= 0.3 is 0 Å². The first kappa shape index (κ1) is 8.47. The van der Waals surface area contributed by atoms with Gasteiger partial charge in [-0.15, -0.1) is 0 Å². The van der Waals surface area contributed by atoms with Crippen LogP contribution in [0.25, 0.3) is 0 Å². The first-order valence-corrected chi connectivity index (χ1v) is 3.41. The average molecular weight is 128 g/mol. The molecule has 0 aliphatic heterocycles. The summed E-state index contributed by atoms with van der Waals surface area (Å²) in [5.41, 5.74) is 0. The molecule has 1 unspecified atom stereocenters. The van der Waals surface area contributed by atoms with E-state index in [9.17, 15) is 0 Å². The van der Waals surface area contributed by atoms with E-state index in [4.69, 9.17) is 0 Å². The fourth-order valence-electron chi connectivity index (χ4n) is 0.744. The highest BCUT2D eigenvalue weighted by molar-refractivity contribution is 5.22. The molecule has 0 aromatic rings. The van der Waals surface area contributed by atoms with Crippen LogP contribution in [0.15, 0.2) is 5.10 Å². The minimum absolute atomic E-state index is 0.535. The van der Waals surface area contributed by atoms with Crippen molar-refractivity contribution in [1.29, 1.82) is 0 Å². The monoisotopic (exact) mass is 128 g/mol. The van der Waals surface area contributed by atoms with Crippen molar-refractivity contribution in [2.45, 2.75) is 32.7 Å². The lowest BCUT2D eigenvalue weighted by Gasteiger charge is -2.19. The largest absolute Gasteiger partial charge is 0.298 e. The molecular formula is C7H16N2. The summed E-state index contributed by atoms with van der Waals surface area (Å²) in [6.45, 7) is 7.76. The molecule has 54 valence electrons. The Morgan fingerprint density at radius 2 is 2.22 bits per heavy atom. The summed E-state index contributed by atoms with van der Waals surface area (Å²) < 4.78 is 0. The summed E-state index contributed by atoms with van der Waals surface area (Å²) in [6.07, 6.45) is 2.40. The van der Waals surface area contributed by atoms with Crippen molar-refractivity contribution in [3.05, 3.63) is 0 Å². The summed E-state index contributed by atoms with van der Waals surface area (Å²) in [5, 5.41) is 5.68. The lowest BCUT2D eigenvalue weighted by molar-refractivity contribution is 0.259. The maximum atomic E-state index is 3.79. The third-order valence-electron chi connectivity index (χ3n) is 1.57. The van der Waals surface area contributed by atoms with E-state index in [0.29, 0.717) is 6.04 Å². The van der Waals surface area contributed by atoms with Crippen LogP contribution in [-0.4, -0.2) is 24.8 Å².